The Morgan fingerprint density at radius 1 is 1.43 bits per heavy atom. The molecule has 21 heavy (non-hydrogen) atoms. The Labute approximate surface area is 122 Å². The Morgan fingerprint density at radius 2 is 2.19 bits per heavy atom. The molecule has 4 nitrogen and oxygen atoms in total. The SMILES string of the molecule is O=c1cc(C(F)F)ncn1CC1CCNCC12CCCC2. The molecule has 0 amide bonds. The topological polar surface area (TPSA) is 46.9 Å². The van der Waals surface area contributed by atoms with Crippen LogP contribution in [-0.2, 0) is 6.54 Å². The van der Waals surface area contributed by atoms with Crippen molar-refractivity contribution >= 4 is 0 Å². The zero-order chi connectivity index (χ0) is 14.9. The normalized spacial score (nSPS) is 24.8. The van der Waals surface area contributed by atoms with Crippen LogP contribution in [0.15, 0.2) is 17.2 Å². The number of halogens is 2. The van der Waals surface area contributed by atoms with Crippen molar-refractivity contribution in [2.75, 3.05) is 13.1 Å². The maximum Gasteiger partial charge on any atom is 0.280 e. The molecule has 1 aliphatic heterocycles. The molecule has 2 heterocycles. The van der Waals surface area contributed by atoms with Crippen molar-refractivity contribution in [2.45, 2.75) is 45.1 Å². The largest absolute Gasteiger partial charge is 0.316 e. The number of alkyl halides is 2. The van der Waals surface area contributed by atoms with E-state index in [9.17, 15) is 13.6 Å². The van der Waals surface area contributed by atoms with Gasteiger partial charge in [0, 0.05) is 19.2 Å². The highest BCUT2D eigenvalue weighted by molar-refractivity contribution is 5.02. The second-order valence-electron chi connectivity index (χ2n) is 6.34. The average molecular weight is 297 g/mol. The summed E-state index contributed by atoms with van der Waals surface area (Å²) in [6.45, 7) is 2.57. The molecule has 1 saturated carbocycles. The number of nitrogens with zero attached hydrogens (tertiary/aromatic N) is 2. The number of piperidine rings is 1. The van der Waals surface area contributed by atoms with Gasteiger partial charge in [0.1, 0.15) is 5.69 Å². The van der Waals surface area contributed by atoms with E-state index < -0.39 is 12.1 Å². The summed E-state index contributed by atoms with van der Waals surface area (Å²) in [4.78, 5) is 15.7. The van der Waals surface area contributed by atoms with Gasteiger partial charge in [-0.15, -0.1) is 0 Å². The molecule has 2 aliphatic rings. The minimum atomic E-state index is -2.69. The molecule has 1 unspecified atom stereocenters. The zero-order valence-corrected chi connectivity index (χ0v) is 12.0. The number of nitrogens with one attached hydrogen (secondary N) is 1. The predicted octanol–water partition coefficient (Wildman–Crippen LogP) is 2.35. The van der Waals surface area contributed by atoms with Crippen LogP contribution < -0.4 is 10.9 Å². The van der Waals surface area contributed by atoms with Crippen molar-refractivity contribution < 1.29 is 8.78 Å². The van der Waals surface area contributed by atoms with Crippen LogP contribution in [0, 0.1) is 11.3 Å². The van der Waals surface area contributed by atoms with E-state index in [1.165, 1.54) is 36.6 Å². The van der Waals surface area contributed by atoms with Crippen LogP contribution in [0.25, 0.3) is 0 Å². The number of hydrogen-bond acceptors (Lipinski definition) is 3. The summed E-state index contributed by atoms with van der Waals surface area (Å²) in [5, 5.41) is 3.47. The molecule has 1 aromatic rings. The molecule has 1 aliphatic carbocycles. The molecule has 1 N–H and O–H groups in total. The second-order valence-corrected chi connectivity index (χ2v) is 6.34. The van der Waals surface area contributed by atoms with Gasteiger partial charge >= 0.3 is 0 Å². The Hall–Kier alpha value is -1.30. The Bertz CT molecular complexity index is 552. The maximum absolute atomic E-state index is 12.6. The van der Waals surface area contributed by atoms with Gasteiger partial charge in [0.2, 0.25) is 0 Å². The first-order valence-corrected chi connectivity index (χ1v) is 7.66. The van der Waals surface area contributed by atoms with Gasteiger partial charge in [0.05, 0.1) is 6.33 Å². The van der Waals surface area contributed by atoms with Crippen molar-refractivity contribution in [1.29, 1.82) is 0 Å². The molecule has 3 rings (SSSR count). The van der Waals surface area contributed by atoms with Crippen molar-refractivity contribution in [2.24, 2.45) is 11.3 Å². The lowest BCUT2D eigenvalue weighted by molar-refractivity contribution is 0.101. The standard InChI is InChI=1S/C15H21F2N3O/c16-14(17)12-7-13(21)20(10-19-12)8-11-3-6-18-9-15(11)4-1-2-5-15/h7,10-11,14,18H,1-6,8-9H2. The summed E-state index contributed by atoms with van der Waals surface area (Å²) in [5.74, 6) is 0.429. The third-order valence-electron chi connectivity index (χ3n) is 5.15. The fraction of sp³-hybridized carbons (Fsp3) is 0.733. The van der Waals surface area contributed by atoms with Crippen molar-refractivity contribution in [1.82, 2.24) is 14.9 Å². The molecule has 1 spiro atoms. The van der Waals surface area contributed by atoms with E-state index in [1.807, 2.05) is 0 Å². The summed E-state index contributed by atoms with van der Waals surface area (Å²) in [6, 6.07) is 0.965. The fourth-order valence-corrected chi connectivity index (χ4v) is 3.95. The average Bonchev–Trinajstić information content (AvgIpc) is 2.92. The number of hydrogen-bond donors (Lipinski definition) is 1. The van der Waals surface area contributed by atoms with Crippen LogP contribution in [-0.4, -0.2) is 22.6 Å². The highest BCUT2D eigenvalue weighted by Gasteiger charge is 2.42. The second kappa shape index (κ2) is 5.83. The first kappa shape index (κ1) is 14.6. The quantitative estimate of drug-likeness (QED) is 0.931. The van der Waals surface area contributed by atoms with Crippen LogP contribution in [0.4, 0.5) is 8.78 Å². The maximum atomic E-state index is 12.6. The minimum absolute atomic E-state index is 0.277. The summed E-state index contributed by atoms with van der Waals surface area (Å²) < 4.78 is 26.6. The third kappa shape index (κ3) is 2.86. The smallest absolute Gasteiger partial charge is 0.280 e. The molecule has 6 heteroatoms. The monoisotopic (exact) mass is 297 g/mol. The molecule has 0 bridgehead atoms. The molecular formula is C15H21F2N3O. The lowest BCUT2D eigenvalue weighted by atomic mass is 9.70. The Balaban J connectivity index is 1.80. The first-order valence-electron chi connectivity index (χ1n) is 7.66. The molecule has 1 saturated heterocycles. The van der Waals surface area contributed by atoms with Crippen LogP contribution in [0.1, 0.15) is 44.2 Å². The van der Waals surface area contributed by atoms with Gasteiger partial charge < -0.3 is 5.32 Å². The third-order valence-corrected chi connectivity index (χ3v) is 5.15. The van der Waals surface area contributed by atoms with Gasteiger partial charge in [-0.1, -0.05) is 12.8 Å². The van der Waals surface area contributed by atoms with Gasteiger partial charge in [-0.05, 0) is 37.1 Å². The lowest BCUT2D eigenvalue weighted by Gasteiger charge is -2.42. The lowest BCUT2D eigenvalue weighted by Crippen LogP contribution is -2.47. The predicted molar refractivity (Wildman–Crippen MR) is 75.3 cm³/mol. The van der Waals surface area contributed by atoms with E-state index in [2.05, 4.69) is 10.3 Å². The van der Waals surface area contributed by atoms with E-state index in [0.29, 0.717) is 12.5 Å². The highest BCUT2D eigenvalue weighted by atomic mass is 19.3. The van der Waals surface area contributed by atoms with Crippen LogP contribution in [0.3, 0.4) is 0 Å². The number of aromatic nitrogens is 2. The molecule has 0 radical (unpaired) electrons. The zero-order valence-electron chi connectivity index (χ0n) is 12.0. The highest BCUT2D eigenvalue weighted by Crippen LogP contribution is 2.47. The summed E-state index contributed by atoms with van der Waals surface area (Å²) in [7, 11) is 0. The summed E-state index contributed by atoms with van der Waals surface area (Å²) in [6.07, 6.45) is 4.51. The van der Waals surface area contributed by atoms with Crippen LogP contribution in [0.5, 0.6) is 0 Å². The van der Waals surface area contributed by atoms with Crippen LogP contribution >= 0.6 is 0 Å². The van der Waals surface area contributed by atoms with Crippen molar-refractivity contribution in [3.05, 3.63) is 28.4 Å². The van der Waals surface area contributed by atoms with Crippen molar-refractivity contribution in [3.8, 4) is 0 Å². The van der Waals surface area contributed by atoms with Gasteiger partial charge in [-0.2, -0.15) is 0 Å². The number of rotatable bonds is 3. The Kier molecular flexibility index (Phi) is 4.06. The van der Waals surface area contributed by atoms with Gasteiger partial charge in [0.25, 0.3) is 12.0 Å². The molecular weight excluding hydrogens is 276 g/mol. The van der Waals surface area contributed by atoms with E-state index in [1.54, 1.807) is 0 Å². The molecule has 2 fully saturated rings. The molecule has 0 aromatic carbocycles. The molecule has 1 atom stereocenters. The Morgan fingerprint density at radius 3 is 2.86 bits per heavy atom. The molecule has 116 valence electrons. The van der Waals surface area contributed by atoms with E-state index in [4.69, 9.17) is 0 Å². The first-order chi connectivity index (χ1) is 10.1. The van der Waals surface area contributed by atoms with Gasteiger partial charge in [0.15, 0.2) is 0 Å². The van der Waals surface area contributed by atoms with Crippen LogP contribution in [0.2, 0.25) is 0 Å². The van der Waals surface area contributed by atoms with Gasteiger partial charge in [-0.3, -0.25) is 9.36 Å². The van der Waals surface area contributed by atoms with E-state index in [-0.39, 0.29) is 11.0 Å². The van der Waals surface area contributed by atoms with Crippen molar-refractivity contribution in [3.63, 3.8) is 0 Å². The van der Waals surface area contributed by atoms with E-state index in [0.717, 1.165) is 25.6 Å². The van der Waals surface area contributed by atoms with E-state index >= 15 is 0 Å². The van der Waals surface area contributed by atoms with Gasteiger partial charge in [-0.25, -0.2) is 13.8 Å². The molecule has 1 aromatic heterocycles. The minimum Gasteiger partial charge on any atom is -0.316 e. The summed E-state index contributed by atoms with van der Waals surface area (Å²) >= 11 is 0. The summed E-state index contributed by atoms with van der Waals surface area (Å²) in [5.41, 5.74) is -0.525. The fourth-order valence-electron chi connectivity index (χ4n) is 3.95.